The highest BCUT2D eigenvalue weighted by Crippen LogP contribution is 2.21. The summed E-state index contributed by atoms with van der Waals surface area (Å²) in [5.41, 5.74) is 3.00. The van der Waals surface area contributed by atoms with Crippen LogP contribution in [0.15, 0.2) is 47.6 Å². The summed E-state index contributed by atoms with van der Waals surface area (Å²) in [5, 5.41) is 24.5. The van der Waals surface area contributed by atoms with Crippen molar-refractivity contribution in [1.29, 1.82) is 0 Å². The van der Waals surface area contributed by atoms with Crippen LogP contribution in [-0.4, -0.2) is 22.2 Å². The molecule has 0 saturated heterocycles. The molecular formula is C15H12ClN3O4. The number of carbonyl (C=O) groups is 1. The number of carbonyl (C=O) groups excluding carboxylic acids is 1. The van der Waals surface area contributed by atoms with Crippen molar-refractivity contribution in [1.82, 2.24) is 5.43 Å². The van der Waals surface area contributed by atoms with E-state index in [2.05, 4.69) is 10.5 Å². The molecule has 0 aromatic heterocycles. The minimum atomic E-state index is -0.587. The summed E-state index contributed by atoms with van der Waals surface area (Å²) < 4.78 is 0. The molecule has 0 radical (unpaired) electrons. The van der Waals surface area contributed by atoms with Crippen molar-refractivity contribution in [2.75, 3.05) is 0 Å². The van der Waals surface area contributed by atoms with E-state index in [0.717, 1.165) is 17.8 Å². The molecule has 0 saturated carbocycles. The molecule has 0 aliphatic carbocycles. The number of non-ortho nitro benzene ring substituents is 1. The maximum absolute atomic E-state index is 11.7. The first-order valence-electron chi connectivity index (χ1n) is 6.49. The molecule has 0 aliphatic rings. The molecule has 0 heterocycles. The lowest BCUT2D eigenvalue weighted by molar-refractivity contribution is -0.384. The Morgan fingerprint density at radius 1 is 1.30 bits per heavy atom. The number of hydrazone groups is 1. The molecule has 7 nitrogen and oxygen atoms in total. The van der Waals surface area contributed by atoms with Crippen molar-refractivity contribution in [2.45, 2.75) is 6.42 Å². The molecule has 0 fully saturated rings. The van der Waals surface area contributed by atoms with E-state index in [0.29, 0.717) is 5.02 Å². The quantitative estimate of drug-likeness (QED) is 0.498. The normalized spacial score (nSPS) is 10.7. The first-order valence-corrected chi connectivity index (χ1v) is 6.87. The molecule has 0 spiro atoms. The highest BCUT2D eigenvalue weighted by atomic mass is 35.5. The summed E-state index contributed by atoms with van der Waals surface area (Å²) in [7, 11) is 0. The van der Waals surface area contributed by atoms with Gasteiger partial charge in [-0.25, -0.2) is 5.43 Å². The lowest BCUT2D eigenvalue weighted by atomic mass is 10.1. The number of phenols is 1. The van der Waals surface area contributed by atoms with E-state index in [1.807, 2.05) is 0 Å². The van der Waals surface area contributed by atoms with Gasteiger partial charge in [-0.15, -0.1) is 0 Å². The predicted molar refractivity (Wildman–Crippen MR) is 85.7 cm³/mol. The van der Waals surface area contributed by atoms with E-state index in [1.54, 1.807) is 24.3 Å². The molecule has 2 aromatic rings. The number of phenolic OH excluding ortho intramolecular Hbond substituents is 1. The number of nitro groups is 1. The second-order valence-electron chi connectivity index (χ2n) is 4.60. The van der Waals surface area contributed by atoms with Crippen LogP contribution in [0.25, 0.3) is 0 Å². The number of nitrogens with zero attached hydrogens (tertiary/aromatic N) is 2. The third-order valence-electron chi connectivity index (χ3n) is 2.89. The van der Waals surface area contributed by atoms with Crippen molar-refractivity contribution < 1.29 is 14.8 Å². The predicted octanol–water partition coefficient (Wildman–Crippen LogP) is 2.65. The number of halogens is 1. The minimum absolute atomic E-state index is 0.107. The molecule has 118 valence electrons. The summed E-state index contributed by atoms with van der Waals surface area (Å²) in [6.45, 7) is 0. The van der Waals surface area contributed by atoms with Crippen LogP contribution >= 0.6 is 11.6 Å². The van der Waals surface area contributed by atoms with Gasteiger partial charge in [0.2, 0.25) is 5.91 Å². The van der Waals surface area contributed by atoms with Gasteiger partial charge in [-0.1, -0.05) is 23.7 Å². The standard InChI is InChI=1S/C15H12ClN3O4/c16-12-3-1-10(2-4-12)7-15(21)18-17-9-11-8-13(19(22)23)5-6-14(11)20/h1-6,8-9,20H,7H2,(H,18,21). The van der Waals surface area contributed by atoms with Crippen molar-refractivity contribution in [3.8, 4) is 5.75 Å². The second kappa shape index (κ2) is 7.37. The number of rotatable bonds is 5. The van der Waals surface area contributed by atoms with E-state index >= 15 is 0 Å². The number of aromatic hydroxyl groups is 1. The Kier molecular flexibility index (Phi) is 5.27. The molecule has 0 bridgehead atoms. The van der Waals surface area contributed by atoms with E-state index in [9.17, 15) is 20.0 Å². The molecule has 1 amide bonds. The van der Waals surface area contributed by atoms with Gasteiger partial charge in [-0.3, -0.25) is 14.9 Å². The average Bonchev–Trinajstić information content (AvgIpc) is 2.51. The summed E-state index contributed by atoms with van der Waals surface area (Å²) in [6, 6.07) is 10.3. The van der Waals surface area contributed by atoms with Gasteiger partial charge in [0.25, 0.3) is 5.69 Å². The van der Waals surface area contributed by atoms with Crippen LogP contribution in [0.4, 0.5) is 5.69 Å². The van der Waals surface area contributed by atoms with Crippen LogP contribution in [-0.2, 0) is 11.2 Å². The van der Waals surface area contributed by atoms with E-state index in [-0.39, 0.29) is 29.3 Å². The average molecular weight is 334 g/mol. The van der Waals surface area contributed by atoms with Crippen LogP contribution in [0.5, 0.6) is 5.75 Å². The number of hydrogen-bond donors (Lipinski definition) is 2. The maximum Gasteiger partial charge on any atom is 0.270 e. The Bertz CT molecular complexity index is 760. The van der Waals surface area contributed by atoms with E-state index in [1.165, 1.54) is 12.1 Å². The first kappa shape index (κ1) is 16.4. The van der Waals surface area contributed by atoms with E-state index in [4.69, 9.17) is 11.6 Å². The van der Waals surface area contributed by atoms with Crippen molar-refractivity contribution in [3.05, 3.63) is 68.7 Å². The summed E-state index contributed by atoms with van der Waals surface area (Å²) in [4.78, 5) is 21.8. The Balaban J connectivity index is 1.98. The number of hydrogen-bond acceptors (Lipinski definition) is 5. The second-order valence-corrected chi connectivity index (χ2v) is 5.03. The molecule has 2 rings (SSSR count). The fraction of sp³-hybridized carbons (Fsp3) is 0.0667. The molecular weight excluding hydrogens is 322 g/mol. The fourth-order valence-corrected chi connectivity index (χ4v) is 1.89. The summed E-state index contributed by atoms with van der Waals surface area (Å²) >= 11 is 5.75. The largest absolute Gasteiger partial charge is 0.507 e. The van der Waals surface area contributed by atoms with Crippen LogP contribution < -0.4 is 5.43 Å². The lowest BCUT2D eigenvalue weighted by Crippen LogP contribution is -2.19. The monoisotopic (exact) mass is 333 g/mol. The lowest BCUT2D eigenvalue weighted by Gasteiger charge is -2.01. The topological polar surface area (TPSA) is 105 Å². The summed E-state index contributed by atoms with van der Waals surface area (Å²) in [6.07, 6.45) is 1.25. The third kappa shape index (κ3) is 4.79. The van der Waals surface area contributed by atoms with Gasteiger partial charge in [0, 0.05) is 22.7 Å². The Morgan fingerprint density at radius 3 is 2.65 bits per heavy atom. The Hall–Kier alpha value is -2.93. The van der Waals surface area contributed by atoms with Gasteiger partial charge in [0.15, 0.2) is 0 Å². The van der Waals surface area contributed by atoms with Crippen molar-refractivity contribution >= 4 is 29.4 Å². The van der Waals surface area contributed by atoms with Crippen LogP contribution in [0.1, 0.15) is 11.1 Å². The SMILES string of the molecule is O=C(Cc1ccc(Cl)cc1)NN=Cc1cc([N+](=O)[O-])ccc1O. The van der Waals surface area contributed by atoms with Gasteiger partial charge < -0.3 is 5.11 Å². The Labute approximate surface area is 136 Å². The van der Waals surface area contributed by atoms with Crippen molar-refractivity contribution in [2.24, 2.45) is 5.10 Å². The van der Waals surface area contributed by atoms with E-state index < -0.39 is 4.92 Å². The molecule has 2 N–H and O–H groups in total. The zero-order chi connectivity index (χ0) is 16.8. The molecule has 0 aliphatic heterocycles. The van der Waals surface area contributed by atoms with Gasteiger partial charge in [0.05, 0.1) is 17.6 Å². The fourth-order valence-electron chi connectivity index (χ4n) is 1.76. The smallest absolute Gasteiger partial charge is 0.270 e. The zero-order valence-corrected chi connectivity index (χ0v) is 12.5. The Morgan fingerprint density at radius 2 is 2.00 bits per heavy atom. The van der Waals surface area contributed by atoms with Crippen molar-refractivity contribution in [3.63, 3.8) is 0 Å². The molecule has 0 unspecified atom stereocenters. The highest BCUT2D eigenvalue weighted by Gasteiger charge is 2.09. The maximum atomic E-state index is 11.7. The number of benzene rings is 2. The summed E-state index contributed by atoms with van der Waals surface area (Å²) in [5.74, 6) is -0.542. The van der Waals surface area contributed by atoms with Gasteiger partial charge in [-0.05, 0) is 23.8 Å². The molecule has 2 aromatic carbocycles. The molecule has 8 heteroatoms. The molecule has 23 heavy (non-hydrogen) atoms. The van der Waals surface area contributed by atoms with Crippen LogP contribution in [0, 0.1) is 10.1 Å². The zero-order valence-electron chi connectivity index (χ0n) is 11.8. The number of nitrogens with one attached hydrogen (secondary N) is 1. The molecule has 0 atom stereocenters. The number of amides is 1. The van der Waals surface area contributed by atoms with Gasteiger partial charge in [0.1, 0.15) is 5.75 Å². The first-order chi connectivity index (χ1) is 11.0. The van der Waals surface area contributed by atoms with Gasteiger partial charge >= 0.3 is 0 Å². The number of nitro benzene ring substituents is 1. The third-order valence-corrected chi connectivity index (χ3v) is 3.14. The van der Waals surface area contributed by atoms with Crippen LogP contribution in [0.3, 0.4) is 0 Å². The highest BCUT2D eigenvalue weighted by molar-refractivity contribution is 6.30. The van der Waals surface area contributed by atoms with Gasteiger partial charge in [-0.2, -0.15) is 5.10 Å². The van der Waals surface area contributed by atoms with Crippen LogP contribution in [0.2, 0.25) is 5.02 Å². The minimum Gasteiger partial charge on any atom is -0.507 e.